The molecule has 0 atom stereocenters. The van der Waals surface area contributed by atoms with Gasteiger partial charge in [0.15, 0.2) is 0 Å². The Morgan fingerprint density at radius 3 is 2.64 bits per heavy atom. The molecule has 2 N–H and O–H groups in total. The number of H-pyrrole nitrogens is 2. The van der Waals surface area contributed by atoms with Gasteiger partial charge in [0.25, 0.3) is 5.56 Å². The Labute approximate surface area is 124 Å². The van der Waals surface area contributed by atoms with Crippen molar-refractivity contribution in [2.24, 2.45) is 0 Å². The van der Waals surface area contributed by atoms with Crippen molar-refractivity contribution >= 4 is 21.7 Å². The quantitative estimate of drug-likeness (QED) is 0.594. The number of hydrogen-bond acceptors (Lipinski definition) is 2. The van der Waals surface area contributed by atoms with Gasteiger partial charge >= 0.3 is 5.69 Å². The fraction of sp³-hybridized carbons (Fsp3) is 0.0588. The van der Waals surface area contributed by atoms with Gasteiger partial charge in [-0.05, 0) is 16.3 Å². The van der Waals surface area contributed by atoms with Gasteiger partial charge in [-0.3, -0.25) is 14.3 Å². The summed E-state index contributed by atoms with van der Waals surface area (Å²) in [4.78, 5) is 29.2. The lowest BCUT2D eigenvalue weighted by Crippen LogP contribution is -2.30. The molecule has 0 bridgehead atoms. The van der Waals surface area contributed by atoms with Gasteiger partial charge in [-0.25, -0.2) is 4.79 Å². The van der Waals surface area contributed by atoms with Crippen LogP contribution in [-0.2, 0) is 6.54 Å². The van der Waals surface area contributed by atoms with Crippen LogP contribution in [0.15, 0.2) is 64.4 Å². The van der Waals surface area contributed by atoms with E-state index in [1.54, 1.807) is 17.0 Å². The van der Waals surface area contributed by atoms with Crippen LogP contribution in [0.2, 0.25) is 0 Å². The zero-order chi connectivity index (χ0) is 15.1. The normalized spacial score (nSPS) is 11.3. The second kappa shape index (κ2) is 4.73. The molecule has 0 aliphatic rings. The lowest BCUT2D eigenvalue weighted by molar-refractivity contribution is 0.761. The van der Waals surface area contributed by atoms with E-state index >= 15 is 0 Å². The topological polar surface area (TPSA) is 70.7 Å². The van der Waals surface area contributed by atoms with Crippen LogP contribution in [0, 0.1) is 0 Å². The number of aromatic nitrogens is 3. The molecule has 2 heterocycles. The first kappa shape index (κ1) is 12.6. The Kier molecular flexibility index (Phi) is 2.72. The molecule has 0 radical (unpaired) electrons. The highest BCUT2D eigenvalue weighted by Crippen LogP contribution is 2.20. The Bertz CT molecular complexity index is 1100. The monoisotopic (exact) mass is 291 g/mol. The highest BCUT2D eigenvalue weighted by molar-refractivity contribution is 5.86. The molecule has 0 saturated heterocycles. The first-order valence-corrected chi connectivity index (χ1v) is 7.00. The minimum absolute atomic E-state index is 0.365. The molecule has 0 aliphatic heterocycles. The molecule has 0 fully saturated rings. The SMILES string of the molecule is O=c1[nH]c(=O)n(Cc2cccc3ccccc23)c2c[nH]cc12. The van der Waals surface area contributed by atoms with Crippen LogP contribution in [-0.4, -0.2) is 14.5 Å². The summed E-state index contributed by atoms with van der Waals surface area (Å²) in [7, 11) is 0. The lowest BCUT2D eigenvalue weighted by atomic mass is 10.0. The summed E-state index contributed by atoms with van der Waals surface area (Å²) in [5.74, 6) is 0. The molecule has 5 nitrogen and oxygen atoms in total. The molecule has 5 heteroatoms. The summed E-state index contributed by atoms with van der Waals surface area (Å²) in [6.07, 6.45) is 3.28. The largest absolute Gasteiger partial charge is 0.365 e. The van der Waals surface area contributed by atoms with Crippen molar-refractivity contribution in [2.75, 3.05) is 0 Å². The first-order valence-electron chi connectivity index (χ1n) is 7.00. The number of fused-ring (bicyclic) bond motifs is 2. The van der Waals surface area contributed by atoms with Crippen LogP contribution >= 0.6 is 0 Å². The molecule has 2 aromatic heterocycles. The van der Waals surface area contributed by atoms with Gasteiger partial charge in [0.05, 0.1) is 17.4 Å². The maximum absolute atomic E-state index is 12.2. The highest BCUT2D eigenvalue weighted by atomic mass is 16.2. The molecule has 4 aromatic rings. The molecule has 108 valence electrons. The lowest BCUT2D eigenvalue weighted by Gasteiger charge is -2.10. The third-order valence-electron chi connectivity index (χ3n) is 3.93. The minimum Gasteiger partial charge on any atom is -0.365 e. The van der Waals surface area contributed by atoms with Crippen molar-refractivity contribution in [3.63, 3.8) is 0 Å². The molecule has 0 unspecified atom stereocenters. The van der Waals surface area contributed by atoms with E-state index < -0.39 is 5.69 Å². The average molecular weight is 291 g/mol. The Balaban J connectivity index is 1.96. The van der Waals surface area contributed by atoms with E-state index in [9.17, 15) is 9.59 Å². The van der Waals surface area contributed by atoms with Crippen LogP contribution in [0.5, 0.6) is 0 Å². The zero-order valence-electron chi connectivity index (χ0n) is 11.7. The van der Waals surface area contributed by atoms with E-state index in [0.717, 1.165) is 16.3 Å². The van der Waals surface area contributed by atoms with Crippen LogP contribution in [0.1, 0.15) is 5.56 Å². The van der Waals surface area contributed by atoms with E-state index in [0.29, 0.717) is 17.4 Å². The molecule has 0 spiro atoms. The number of benzene rings is 2. The third kappa shape index (κ3) is 1.87. The first-order chi connectivity index (χ1) is 10.7. The van der Waals surface area contributed by atoms with Crippen molar-refractivity contribution in [3.8, 4) is 0 Å². The zero-order valence-corrected chi connectivity index (χ0v) is 11.7. The summed E-state index contributed by atoms with van der Waals surface area (Å²) in [6.45, 7) is 0.408. The van der Waals surface area contributed by atoms with Crippen LogP contribution in [0.3, 0.4) is 0 Å². The van der Waals surface area contributed by atoms with E-state index in [2.05, 4.69) is 9.97 Å². The Morgan fingerprint density at radius 1 is 0.909 bits per heavy atom. The predicted molar refractivity (Wildman–Crippen MR) is 86.2 cm³/mol. The summed E-state index contributed by atoms with van der Waals surface area (Å²) >= 11 is 0. The molecule has 0 aliphatic carbocycles. The molecule has 0 saturated carbocycles. The number of nitrogens with one attached hydrogen (secondary N) is 2. The maximum Gasteiger partial charge on any atom is 0.329 e. The van der Waals surface area contributed by atoms with Gasteiger partial charge in [0.2, 0.25) is 0 Å². The van der Waals surface area contributed by atoms with Crippen molar-refractivity contribution in [1.29, 1.82) is 0 Å². The van der Waals surface area contributed by atoms with Gasteiger partial charge in [0.1, 0.15) is 0 Å². The van der Waals surface area contributed by atoms with Gasteiger partial charge in [-0.2, -0.15) is 0 Å². The summed E-state index contributed by atoms with van der Waals surface area (Å²) in [5, 5.41) is 2.72. The molecular formula is C17H13N3O2. The van der Waals surface area contributed by atoms with Crippen molar-refractivity contribution in [3.05, 3.63) is 81.3 Å². The fourth-order valence-corrected chi connectivity index (χ4v) is 2.86. The summed E-state index contributed by atoms with van der Waals surface area (Å²) in [6, 6.07) is 14.1. The van der Waals surface area contributed by atoms with E-state index in [1.807, 2.05) is 42.5 Å². The van der Waals surface area contributed by atoms with Crippen LogP contribution in [0.4, 0.5) is 0 Å². The number of hydrogen-bond donors (Lipinski definition) is 2. The van der Waals surface area contributed by atoms with Gasteiger partial charge in [0, 0.05) is 12.4 Å². The fourth-order valence-electron chi connectivity index (χ4n) is 2.86. The van der Waals surface area contributed by atoms with Crippen LogP contribution < -0.4 is 11.2 Å². The van der Waals surface area contributed by atoms with Crippen molar-refractivity contribution in [2.45, 2.75) is 6.54 Å². The Hall–Kier alpha value is -3.08. The Morgan fingerprint density at radius 2 is 1.73 bits per heavy atom. The maximum atomic E-state index is 12.2. The molecular weight excluding hydrogens is 278 g/mol. The second-order valence-electron chi connectivity index (χ2n) is 5.24. The van der Waals surface area contributed by atoms with Gasteiger partial charge < -0.3 is 4.98 Å². The molecule has 22 heavy (non-hydrogen) atoms. The molecule has 0 amide bonds. The summed E-state index contributed by atoms with van der Waals surface area (Å²) < 4.78 is 1.58. The number of aromatic amines is 2. The average Bonchev–Trinajstić information content (AvgIpc) is 3.01. The second-order valence-corrected chi connectivity index (χ2v) is 5.24. The molecule has 4 rings (SSSR count). The number of rotatable bonds is 2. The van der Waals surface area contributed by atoms with Gasteiger partial charge in [-0.1, -0.05) is 42.5 Å². The van der Waals surface area contributed by atoms with Gasteiger partial charge in [-0.15, -0.1) is 0 Å². The standard InChI is InChI=1S/C17H13N3O2/c21-16-14-8-18-9-15(14)20(17(22)19-16)10-12-6-3-5-11-4-1-2-7-13(11)12/h1-9,18H,10H2,(H,19,21,22). The van der Waals surface area contributed by atoms with Crippen molar-refractivity contribution < 1.29 is 0 Å². The number of nitrogens with zero attached hydrogens (tertiary/aromatic N) is 1. The van der Waals surface area contributed by atoms with E-state index in [4.69, 9.17) is 0 Å². The summed E-state index contributed by atoms with van der Waals surface area (Å²) in [5.41, 5.74) is 0.886. The minimum atomic E-state index is -0.398. The van der Waals surface area contributed by atoms with Crippen molar-refractivity contribution in [1.82, 2.24) is 14.5 Å². The molecule has 2 aromatic carbocycles. The predicted octanol–water partition coefficient (Wildman–Crippen LogP) is 2.22. The smallest absolute Gasteiger partial charge is 0.329 e. The van der Waals surface area contributed by atoms with E-state index in [1.165, 1.54) is 0 Å². The highest BCUT2D eigenvalue weighted by Gasteiger charge is 2.09. The third-order valence-corrected chi connectivity index (χ3v) is 3.93. The van der Waals surface area contributed by atoms with Crippen LogP contribution in [0.25, 0.3) is 21.7 Å². The van der Waals surface area contributed by atoms with E-state index in [-0.39, 0.29) is 5.56 Å².